The van der Waals surface area contributed by atoms with Gasteiger partial charge in [-0.2, -0.15) is 0 Å². The minimum atomic E-state index is -1.82. The van der Waals surface area contributed by atoms with Gasteiger partial charge in [-0.25, -0.2) is 18.7 Å². The number of nitrogens with zero attached hydrogens (tertiary/aromatic N) is 1. The van der Waals surface area contributed by atoms with Crippen LogP contribution in [0.15, 0.2) is 16.0 Å². The molecule has 0 aromatic heterocycles. The topological polar surface area (TPSA) is 120 Å². The molecule has 0 bridgehead atoms. The van der Waals surface area contributed by atoms with Crippen LogP contribution in [0.25, 0.3) is 0 Å². The molecule has 2 rings (SSSR count). The van der Waals surface area contributed by atoms with Crippen LogP contribution in [0.3, 0.4) is 0 Å². The van der Waals surface area contributed by atoms with Gasteiger partial charge >= 0.3 is 11.9 Å². The summed E-state index contributed by atoms with van der Waals surface area (Å²) in [5.74, 6) is -3.65. The number of carboxylic acids is 2. The minimum Gasteiger partial charge on any atom is -0.473 e. The van der Waals surface area contributed by atoms with Crippen LogP contribution in [0, 0.1) is 0 Å². The molecule has 9 heteroatoms. The zero-order chi connectivity index (χ0) is 17.8. The Bertz CT molecular complexity index is 472. The van der Waals surface area contributed by atoms with Crippen molar-refractivity contribution in [2.45, 2.75) is 44.8 Å². The Morgan fingerprint density at radius 3 is 2.58 bits per heavy atom. The van der Waals surface area contributed by atoms with E-state index in [1.165, 1.54) is 37.0 Å². The van der Waals surface area contributed by atoms with Crippen molar-refractivity contribution >= 4 is 30.3 Å². The monoisotopic (exact) mass is 359 g/mol. The lowest BCUT2D eigenvalue weighted by Gasteiger charge is -2.31. The highest BCUT2D eigenvalue weighted by Gasteiger charge is 2.37. The SMILES string of the molecule is CCCCCCOC1(C2=CCCNC2)C=NSN1.O=C(O)C(=O)O. The van der Waals surface area contributed by atoms with E-state index < -0.39 is 17.7 Å². The molecular formula is C15H25N3O5S. The lowest BCUT2D eigenvalue weighted by molar-refractivity contribution is -0.159. The van der Waals surface area contributed by atoms with Crippen LogP contribution < -0.4 is 10.0 Å². The third-order valence-corrected chi connectivity index (χ3v) is 4.10. The van der Waals surface area contributed by atoms with E-state index in [0.29, 0.717) is 0 Å². The quantitative estimate of drug-likeness (QED) is 0.234. The molecule has 24 heavy (non-hydrogen) atoms. The van der Waals surface area contributed by atoms with Crippen molar-refractivity contribution in [3.05, 3.63) is 11.6 Å². The number of carboxylic acid groups (broad SMARTS) is 2. The predicted octanol–water partition coefficient (Wildman–Crippen LogP) is 1.59. The molecule has 0 spiro atoms. The number of rotatable bonds is 7. The van der Waals surface area contributed by atoms with Crippen molar-refractivity contribution in [1.29, 1.82) is 0 Å². The van der Waals surface area contributed by atoms with Crippen molar-refractivity contribution in [2.24, 2.45) is 4.40 Å². The summed E-state index contributed by atoms with van der Waals surface area (Å²) in [5, 5.41) is 18.2. The van der Waals surface area contributed by atoms with E-state index in [1.54, 1.807) is 0 Å². The van der Waals surface area contributed by atoms with Crippen molar-refractivity contribution in [3.63, 3.8) is 0 Å². The van der Waals surface area contributed by atoms with Gasteiger partial charge in [0.1, 0.15) is 0 Å². The molecule has 8 nitrogen and oxygen atoms in total. The fourth-order valence-corrected chi connectivity index (χ4v) is 2.85. The first-order chi connectivity index (χ1) is 11.5. The predicted molar refractivity (Wildman–Crippen MR) is 92.9 cm³/mol. The molecule has 0 saturated heterocycles. The van der Waals surface area contributed by atoms with Gasteiger partial charge in [0, 0.05) is 13.2 Å². The van der Waals surface area contributed by atoms with Gasteiger partial charge in [-0.1, -0.05) is 32.3 Å². The van der Waals surface area contributed by atoms with Crippen LogP contribution in [0.2, 0.25) is 0 Å². The highest BCUT2D eigenvalue weighted by Crippen LogP contribution is 2.27. The molecule has 2 aliphatic rings. The van der Waals surface area contributed by atoms with Gasteiger partial charge in [-0.3, -0.25) is 0 Å². The largest absolute Gasteiger partial charge is 0.473 e. The third kappa shape index (κ3) is 7.00. The Labute approximate surface area is 146 Å². The van der Waals surface area contributed by atoms with Crippen LogP contribution in [0.4, 0.5) is 0 Å². The van der Waals surface area contributed by atoms with E-state index in [9.17, 15) is 0 Å². The lowest BCUT2D eigenvalue weighted by atomic mass is 10.0. The highest BCUT2D eigenvalue weighted by molar-refractivity contribution is 7.96. The van der Waals surface area contributed by atoms with Crippen LogP contribution in [0.1, 0.15) is 39.0 Å². The van der Waals surface area contributed by atoms with Gasteiger partial charge in [0.15, 0.2) is 5.72 Å². The summed E-state index contributed by atoms with van der Waals surface area (Å²) in [6, 6.07) is 0. The van der Waals surface area contributed by atoms with E-state index in [2.05, 4.69) is 27.4 Å². The molecule has 0 amide bonds. The molecule has 2 heterocycles. The molecule has 1 atom stereocenters. The molecule has 0 aromatic carbocycles. The molecule has 136 valence electrons. The second-order valence-corrected chi connectivity index (χ2v) is 5.98. The van der Waals surface area contributed by atoms with E-state index in [-0.39, 0.29) is 0 Å². The van der Waals surface area contributed by atoms with Gasteiger partial charge in [0.2, 0.25) is 0 Å². The van der Waals surface area contributed by atoms with Crippen molar-refractivity contribution in [1.82, 2.24) is 10.0 Å². The van der Waals surface area contributed by atoms with Crippen LogP contribution in [-0.4, -0.2) is 53.8 Å². The fourth-order valence-electron chi connectivity index (χ4n) is 2.22. The average Bonchev–Trinajstić information content (AvgIpc) is 3.06. The van der Waals surface area contributed by atoms with Gasteiger partial charge in [0.05, 0.1) is 18.3 Å². The van der Waals surface area contributed by atoms with E-state index >= 15 is 0 Å². The number of hydrogen-bond donors (Lipinski definition) is 4. The first kappa shape index (κ1) is 20.6. The van der Waals surface area contributed by atoms with Crippen molar-refractivity contribution in [2.75, 3.05) is 19.7 Å². The van der Waals surface area contributed by atoms with E-state index in [1.807, 2.05) is 6.21 Å². The summed E-state index contributed by atoms with van der Waals surface area (Å²) in [6.45, 7) is 4.95. The number of carbonyl (C=O) groups is 2. The summed E-state index contributed by atoms with van der Waals surface area (Å²) < 4.78 is 13.6. The minimum absolute atomic E-state index is 0.468. The van der Waals surface area contributed by atoms with Gasteiger partial charge in [0.25, 0.3) is 0 Å². The Kier molecular flexibility index (Phi) is 9.62. The third-order valence-electron chi connectivity index (χ3n) is 3.50. The molecule has 0 fully saturated rings. The Morgan fingerprint density at radius 2 is 2.08 bits per heavy atom. The van der Waals surface area contributed by atoms with Crippen LogP contribution >= 0.6 is 12.1 Å². The summed E-state index contributed by atoms with van der Waals surface area (Å²) in [5.41, 5.74) is 0.794. The number of nitrogens with one attached hydrogen (secondary N) is 2. The van der Waals surface area contributed by atoms with Gasteiger partial charge < -0.3 is 20.3 Å². The summed E-state index contributed by atoms with van der Waals surface area (Å²) in [7, 11) is 0. The van der Waals surface area contributed by atoms with E-state index in [0.717, 1.165) is 32.5 Å². The molecule has 0 saturated carbocycles. The van der Waals surface area contributed by atoms with Crippen LogP contribution in [-0.2, 0) is 14.3 Å². The van der Waals surface area contributed by atoms with Gasteiger partial charge in [-0.15, -0.1) is 0 Å². The number of ether oxygens (including phenoxy) is 1. The highest BCUT2D eigenvalue weighted by atomic mass is 32.2. The fraction of sp³-hybridized carbons (Fsp3) is 0.667. The number of hydrogen-bond acceptors (Lipinski definition) is 7. The molecule has 0 radical (unpaired) electrons. The Hall–Kier alpha value is -1.42. The first-order valence-electron chi connectivity index (χ1n) is 8.00. The van der Waals surface area contributed by atoms with E-state index in [4.69, 9.17) is 24.5 Å². The first-order valence-corrected chi connectivity index (χ1v) is 8.77. The second-order valence-electron chi connectivity index (χ2n) is 5.38. The Morgan fingerprint density at radius 1 is 1.33 bits per heavy atom. The maximum Gasteiger partial charge on any atom is 0.414 e. The maximum absolute atomic E-state index is 9.10. The number of unbranched alkanes of at least 4 members (excludes halogenated alkanes) is 3. The number of aliphatic carboxylic acids is 2. The zero-order valence-corrected chi connectivity index (χ0v) is 14.6. The molecule has 0 aliphatic carbocycles. The van der Waals surface area contributed by atoms with Crippen molar-refractivity contribution in [3.8, 4) is 0 Å². The average molecular weight is 359 g/mol. The van der Waals surface area contributed by atoms with Crippen molar-refractivity contribution < 1.29 is 24.5 Å². The molecule has 4 N–H and O–H groups in total. The summed E-state index contributed by atoms with van der Waals surface area (Å²) in [4.78, 5) is 18.2. The smallest absolute Gasteiger partial charge is 0.414 e. The zero-order valence-electron chi connectivity index (χ0n) is 13.8. The Balaban J connectivity index is 0.000000413. The van der Waals surface area contributed by atoms with Crippen LogP contribution in [0.5, 0.6) is 0 Å². The maximum atomic E-state index is 9.10. The second kappa shape index (κ2) is 11.2. The van der Waals surface area contributed by atoms with Gasteiger partial charge in [-0.05, 0) is 25.0 Å². The standard InChI is InChI=1S/C13H23N3OS.C2H2O4/c1-2-3-4-5-9-17-13(11-15-18-16-13)12-7-6-8-14-10-12;3-1(4)2(5)6/h7,11,14,16H,2-6,8-10H2,1H3;(H,3,4)(H,5,6). The molecule has 1 unspecified atom stereocenters. The molecular weight excluding hydrogens is 334 g/mol. The summed E-state index contributed by atoms with van der Waals surface area (Å²) in [6.07, 6.45) is 10.2. The molecule has 2 aliphatic heterocycles. The normalized spacial score (nSPS) is 22.5. The lowest BCUT2D eigenvalue weighted by Crippen LogP contribution is -2.49. The summed E-state index contributed by atoms with van der Waals surface area (Å²) >= 11 is 1.37. The molecule has 0 aromatic rings.